The third-order valence-electron chi connectivity index (χ3n) is 5.17. The Morgan fingerprint density at radius 2 is 1.83 bits per heavy atom. The topological polar surface area (TPSA) is 37.5 Å². The number of aromatic amines is 1. The number of likely N-dealkylation sites (tertiary alicyclic amines) is 1. The number of ether oxygens (including phenoxy) is 2. The third kappa shape index (κ3) is 3.60. The molecule has 2 fully saturated rings. The van der Waals surface area contributed by atoms with Gasteiger partial charge in [0.15, 0.2) is 0 Å². The minimum absolute atomic E-state index is 0.425. The molecule has 3 heterocycles. The zero-order valence-electron chi connectivity index (χ0n) is 13.7. The molecule has 0 atom stereocenters. The summed E-state index contributed by atoms with van der Waals surface area (Å²) in [5.41, 5.74) is 2.66. The second-order valence-electron chi connectivity index (χ2n) is 6.78. The largest absolute Gasteiger partial charge is 0.381 e. The highest BCUT2D eigenvalue weighted by atomic mass is 16.5. The standard InChI is InChI=1S/C19H26N2O2/c1-2-15(18-4-9-20-19(18)3-1)14-21-10-5-16(6-11-21)23-17-7-12-22-13-8-17/h1-4,9,16-17,20H,5-8,10-14H2. The summed E-state index contributed by atoms with van der Waals surface area (Å²) in [6.45, 7) is 5.04. The predicted octanol–water partition coefficient (Wildman–Crippen LogP) is 3.33. The monoisotopic (exact) mass is 314 g/mol. The molecule has 0 amide bonds. The number of hydrogen-bond donors (Lipinski definition) is 1. The Balaban J connectivity index is 1.30. The van der Waals surface area contributed by atoms with Crippen LogP contribution in [0.5, 0.6) is 0 Å². The smallest absolute Gasteiger partial charge is 0.0622 e. The van der Waals surface area contributed by atoms with E-state index in [4.69, 9.17) is 9.47 Å². The van der Waals surface area contributed by atoms with Crippen LogP contribution in [-0.4, -0.2) is 48.4 Å². The van der Waals surface area contributed by atoms with Crippen LogP contribution in [0.3, 0.4) is 0 Å². The Morgan fingerprint density at radius 3 is 2.65 bits per heavy atom. The number of hydrogen-bond acceptors (Lipinski definition) is 3. The first kappa shape index (κ1) is 15.2. The molecule has 1 N–H and O–H groups in total. The molecule has 1 aromatic heterocycles. The summed E-state index contributed by atoms with van der Waals surface area (Å²) in [5.74, 6) is 0. The van der Waals surface area contributed by atoms with Crippen LogP contribution >= 0.6 is 0 Å². The zero-order valence-corrected chi connectivity index (χ0v) is 13.7. The van der Waals surface area contributed by atoms with Gasteiger partial charge in [0.25, 0.3) is 0 Å². The Labute approximate surface area is 137 Å². The van der Waals surface area contributed by atoms with E-state index in [-0.39, 0.29) is 0 Å². The Hall–Kier alpha value is -1.36. The van der Waals surface area contributed by atoms with Gasteiger partial charge in [0.05, 0.1) is 12.2 Å². The van der Waals surface area contributed by atoms with Gasteiger partial charge in [-0.15, -0.1) is 0 Å². The van der Waals surface area contributed by atoms with E-state index >= 15 is 0 Å². The van der Waals surface area contributed by atoms with Gasteiger partial charge in [0, 0.05) is 49.9 Å². The molecule has 23 heavy (non-hydrogen) atoms. The van der Waals surface area contributed by atoms with Gasteiger partial charge in [-0.2, -0.15) is 0 Å². The van der Waals surface area contributed by atoms with Crippen molar-refractivity contribution in [3.05, 3.63) is 36.0 Å². The van der Waals surface area contributed by atoms with Crippen molar-refractivity contribution >= 4 is 10.9 Å². The van der Waals surface area contributed by atoms with Gasteiger partial charge < -0.3 is 14.5 Å². The summed E-state index contributed by atoms with van der Waals surface area (Å²) in [4.78, 5) is 5.86. The predicted molar refractivity (Wildman–Crippen MR) is 91.5 cm³/mol. The SMILES string of the molecule is c1cc(CN2CCC(OC3CCOCC3)CC2)c2cc[nH]c2c1. The molecule has 2 saturated heterocycles. The molecule has 0 radical (unpaired) electrons. The number of aromatic nitrogens is 1. The van der Waals surface area contributed by atoms with Gasteiger partial charge in [-0.25, -0.2) is 0 Å². The molecule has 124 valence electrons. The average Bonchev–Trinajstić information content (AvgIpc) is 3.07. The Kier molecular flexibility index (Phi) is 4.64. The molecule has 4 nitrogen and oxygen atoms in total. The molecule has 4 heteroatoms. The number of rotatable bonds is 4. The van der Waals surface area contributed by atoms with Crippen LogP contribution in [-0.2, 0) is 16.0 Å². The second-order valence-corrected chi connectivity index (χ2v) is 6.78. The first-order valence-electron chi connectivity index (χ1n) is 8.89. The normalized spacial score (nSPS) is 21.9. The van der Waals surface area contributed by atoms with E-state index in [0.29, 0.717) is 12.2 Å². The van der Waals surface area contributed by atoms with Gasteiger partial charge in [0.1, 0.15) is 0 Å². The third-order valence-corrected chi connectivity index (χ3v) is 5.17. The van der Waals surface area contributed by atoms with Crippen LogP contribution in [0, 0.1) is 0 Å². The highest BCUT2D eigenvalue weighted by Gasteiger charge is 2.24. The van der Waals surface area contributed by atoms with E-state index in [1.807, 2.05) is 6.20 Å². The summed E-state index contributed by atoms with van der Waals surface area (Å²) in [6.07, 6.45) is 7.33. The van der Waals surface area contributed by atoms with Crippen molar-refractivity contribution in [3.8, 4) is 0 Å². The average molecular weight is 314 g/mol. The highest BCUT2D eigenvalue weighted by molar-refractivity contribution is 5.82. The lowest BCUT2D eigenvalue weighted by molar-refractivity contribution is -0.0851. The molecular weight excluding hydrogens is 288 g/mol. The molecule has 1 aromatic carbocycles. The maximum absolute atomic E-state index is 6.28. The molecule has 2 aliphatic heterocycles. The van der Waals surface area contributed by atoms with Gasteiger partial charge in [-0.05, 0) is 43.4 Å². The summed E-state index contributed by atoms with van der Waals surface area (Å²) in [6, 6.07) is 8.73. The van der Waals surface area contributed by atoms with Crippen LogP contribution in [0.15, 0.2) is 30.5 Å². The van der Waals surface area contributed by atoms with Gasteiger partial charge in [-0.3, -0.25) is 4.90 Å². The molecule has 4 rings (SSSR count). The fraction of sp³-hybridized carbons (Fsp3) is 0.579. The van der Waals surface area contributed by atoms with Crippen molar-refractivity contribution < 1.29 is 9.47 Å². The number of fused-ring (bicyclic) bond motifs is 1. The first-order valence-corrected chi connectivity index (χ1v) is 8.89. The molecule has 0 aliphatic carbocycles. The number of piperidine rings is 1. The Morgan fingerprint density at radius 1 is 1.04 bits per heavy atom. The minimum atomic E-state index is 0.425. The summed E-state index contributed by atoms with van der Waals surface area (Å²) in [7, 11) is 0. The maximum Gasteiger partial charge on any atom is 0.0622 e. The van der Waals surface area contributed by atoms with Crippen LogP contribution < -0.4 is 0 Å². The van der Waals surface area contributed by atoms with Gasteiger partial charge in [0.2, 0.25) is 0 Å². The molecule has 2 aliphatic rings. The van der Waals surface area contributed by atoms with E-state index in [1.165, 1.54) is 16.5 Å². The number of benzene rings is 1. The fourth-order valence-corrected chi connectivity index (χ4v) is 3.82. The van der Waals surface area contributed by atoms with E-state index in [1.54, 1.807) is 0 Å². The molecule has 0 bridgehead atoms. The van der Waals surface area contributed by atoms with Crippen LogP contribution in [0.25, 0.3) is 10.9 Å². The lowest BCUT2D eigenvalue weighted by atomic mass is 10.0. The van der Waals surface area contributed by atoms with Crippen molar-refractivity contribution in [2.45, 2.75) is 44.4 Å². The minimum Gasteiger partial charge on any atom is -0.381 e. The number of nitrogens with one attached hydrogen (secondary N) is 1. The highest BCUT2D eigenvalue weighted by Crippen LogP contribution is 2.23. The lowest BCUT2D eigenvalue weighted by Gasteiger charge is -2.35. The zero-order chi connectivity index (χ0) is 15.5. The number of H-pyrrole nitrogens is 1. The van der Waals surface area contributed by atoms with Crippen molar-refractivity contribution in [2.75, 3.05) is 26.3 Å². The second kappa shape index (κ2) is 7.04. The van der Waals surface area contributed by atoms with Crippen LogP contribution in [0.1, 0.15) is 31.2 Å². The van der Waals surface area contributed by atoms with Gasteiger partial charge >= 0.3 is 0 Å². The van der Waals surface area contributed by atoms with Crippen LogP contribution in [0.4, 0.5) is 0 Å². The van der Waals surface area contributed by atoms with Crippen molar-refractivity contribution in [1.82, 2.24) is 9.88 Å². The van der Waals surface area contributed by atoms with Gasteiger partial charge in [-0.1, -0.05) is 12.1 Å². The summed E-state index contributed by atoms with van der Waals surface area (Å²) >= 11 is 0. The van der Waals surface area contributed by atoms with Crippen molar-refractivity contribution in [3.63, 3.8) is 0 Å². The number of nitrogens with zero attached hydrogens (tertiary/aromatic N) is 1. The summed E-state index contributed by atoms with van der Waals surface area (Å²) < 4.78 is 11.7. The van der Waals surface area contributed by atoms with E-state index in [0.717, 1.165) is 58.5 Å². The summed E-state index contributed by atoms with van der Waals surface area (Å²) in [5, 5.41) is 1.35. The molecule has 0 spiro atoms. The quantitative estimate of drug-likeness (QED) is 0.940. The molecular formula is C19H26N2O2. The molecule has 0 saturated carbocycles. The van der Waals surface area contributed by atoms with Crippen molar-refractivity contribution in [2.24, 2.45) is 0 Å². The van der Waals surface area contributed by atoms with Crippen LogP contribution in [0.2, 0.25) is 0 Å². The van der Waals surface area contributed by atoms with E-state index in [2.05, 4.69) is 34.1 Å². The lowest BCUT2D eigenvalue weighted by Crippen LogP contribution is -2.39. The van der Waals surface area contributed by atoms with E-state index in [9.17, 15) is 0 Å². The maximum atomic E-state index is 6.28. The molecule has 0 unspecified atom stereocenters. The van der Waals surface area contributed by atoms with Crippen molar-refractivity contribution in [1.29, 1.82) is 0 Å². The van der Waals surface area contributed by atoms with E-state index < -0.39 is 0 Å². The Bertz CT molecular complexity index is 625. The fourth-order valence-electron chi connectivity index (χ4n) is 3.82. The first-order chi connectivity index (χ1) is 11.4. The molecule has 2 aromatic rings.